The number of carbonyl (C=O) groups excluding carboxylic acids is 1. The van der Waals surface area contributed by atoms with Crippen LogP contribution < -0.4 is 5.32 Å². The van der Waals surface area contributed by atoms with Crippen LogP contribution in [0.2, 0.25) is 0 Å². The maximum absolute atomic E-state index is 12.8. The van der Waals surface area contributed by atoms with E-state index in [0.717, 1.165) is 12.1 Å². The van der Waals surface area contributed by atoms with Gasteiger partial charge in [0.1, 0.15) is 5.82 Å². The number of esters is 1. The van der Waals surface area contributed by atoms with Crippen LogP contribution in [0.1, 0.15) is 11.5 Å². The molecule has 1 heterocycles. The molecule has 0 bridgehead atoms. The van der Waals surface area contributed by atoms with Crippen molar-refractivity contribution in [2.24, 2.45) is 5.92 Å². The molecule has 1 saturated heterocycles. The third-order valence-electron chi connectivity index (χ3n) is 3.02. The largest absolute Gasteiger partial charge is 0.469 e. The SMILES string of the molecule is COC(=O)C1CNCC1c1ccc(F)cc1.Cl. The summed E-state index contributed by atoms with van der Waals surface area (Å²) in [6, 6.07) is 6.29. The second kappa shape index (κ2) is 5.98. The van der Waals surface area contributed by atoms with Crippen molar-refractivity contribution in [3.8, 4) is 0 Å². The average molecular weight is 260 g/mol. The van der Waals surface area contributed by atoms with E-state index in [-0.39, 0.29) is 36.0 Å². The fourth-order valence-corrected chi connectivity index (χ4v) is 2.14. The number of hydrogen-bond donors (Lipinski definition) is 1. The second-order valence-corrected chi connectivity index (χ2v) is 3.95. The molecule has 2 unspecified atom stereocenters. The van der Waals surface area contributed by atoms with Crippen LogP contribution in [0.15, 0.2) is 24.3 Å². The minimum atomic E-state index is -0.260. The lowest BCUT2D eigenvalue weighted by atomic mass is 9.89. The second-order valence-electron chi connectivity index (χ2n) is 3.95. The minimum Gasteiger partial charge on any atom is -0.469 e. The number of methoxy groups -OCH3 is 1. The van der Waals surface area contributed by atoms with Crippen LogP contribution in [0.3, 0.4) is 0 Å². The Hall–Kier alpha value is -1.13. The molecule has 0 saturated carbocycles. The first-order valence-electron chi connectivity index (χ1n) is 5.26. The number of ether oxygens (including phenoxy) is 1. The summed E-state index contributed by atoms with van der Waals surface area (Å²) in [6.07, 6.45) is 0. The van der Waals surface area contributed by atoms with Gasteiger partial charge in [-0.05, 0) is 17.7 Å². The van der Waals surface area contributed by atoms with Gasteiger partial charge < -0.3 is 10.1 Å². The van der Waals surface area contributed by atoms with Crippen molar-refractivity contribution < 1.29 is 13.9 Å². The molecule has 0 spiro atoms. The standard InChI is InChI=1S/C12H14FNO2.ClH/c1-16-12(15)11-7-14-6-10(11)8-2-4-9(13)5-3-8;/h2-5,10-11,14H,6-7H2,1H3;1H. The average Bonchev–Trinajstić information content (AvgIpc) is 2.78. The zero-order valence-electron chi connectivity index (χ0n) is 9.48. The van der Waals surface area contributed by atoms with E-state index in [1.165, 1.54) is 19.2 Å². The van der Waals surface area contributed by atoms with Gasteiger partial charge in [-0.2, -0.15) is 0 Å². The molecule has 0 amide bonds. The molecule has 5 heteroatoms. The number of carbonyl (C=O) groups is 1. The molecular formula is C12H15ClFNO2. The highest BCUT2D eigenvalue weighted by molar-refractivity contribution is 5.85. The molecule has 94 valence electrons. The van der Waals surface area contributed by atoms with Crippen LogP contribution in [0.25, 0.3) is 0 Å². The smallest absolute Gasteiger partial charge is 0.310 e. The summed E-state index contributed by atoms with van der Waals surface area (Å²) in [5.74, 6) is -0.563. The van der Waals surface area contributed by atoms with E-state index in [1.54, 1.807) is 12.1 Å². The topological polar surface area (TPSA) is 38.3 Å². The van der Waals surface area contributed by atoms with Crippen LogP contribution in [0.4, 0.5) is 4.39 Å². The van der Waals surface area contributed by atoms with Gasteiger partial charge in [-0.15, -0.1) is 12.4 Å². The monoisotopic (exact) mass is 259 g/mol. The van der Waals surface area contributed by atoms with Crippen molar-refractivity contribution in [2.45, 2.75) is 5.92 Å². The molecule has 0 aromatic heterocycles. The van der Waals surface area contributed by atoms with Crippen molar-refractivity contribution in [1.29, 1.82) is 0 Å². The first-order chi connectivity index (χ1) is 7.72. The molecule has 17 heavy (non-hydrogen) atoms. The summed E-state index contributed by atoms with van der Waals surface area (Å²) in [7, 11) is 1.39. The molecule has 0 radical (unpaired) electrons. The van der Waals surface area contributed by atoms with Crippen LogP contribution in [0, 0.1) is 11.7 Å². The lowest BCUT2D eigenvalue weighted by Crippen LogP contribution is -2.22. The summed E-state index contributed by atoms with van der Waals surface area (Å²) in [5, 5.41) is 3.16. The number of halogens is 2. The molecule has 2 atom stereocenters. The van der Waals surface area contributed by atoms with Gasteiger partial charge in [-0.25, -0.2) is 4.39 Å². The number of nitrogens with one attached hydrogen (secondary N) is 1. The van der Waals surface area contributed by atoms with Gasteiger partial charge in [0.2, 0.25) is 0 Å². The van der Waals surface area contributed by atoms with Gasteiger partial charge in [0.05, 0.1) is 13.0 Å². The van der Waals surface area contributed by atoms with E-state index in [0.29, 0.717) is 6.54 Å². The van der Waals surface area contributed by atoms with Crippen molar-refractivity contribution in [1.82, 2.24) is 5.32 Å². The molecular weight excluding hydrogens is 245 g/mol. The Kier molecular flexibility index (Phi) is 4.90. The number of hydrogen-bond acceptors (Lipinski definition) is 3. The van der Waals surface area contributed by atoms with E-state index in [1.807, 2.05) is 0 Å². The maximum Gasteiger partial charge on any atom is 0.310 e. The summed E-state index contributed by atoms with van der Waals surface area (Å²) in [5.41, 5.74) is 0.974. The normalized spacial score (nSPS) is 22.9. The fraction of sp³-hybridized carbons (Fsp3) is 0.417. The zero-order valence-corrected chi connectivity index (χ0v) is 10.3. The van der Waals surface area contributed by atoms with E-state index in [4.69, 9.17) is 4.74 Å². The molecule has 1 aliphatic rings. The van der Waals surface area contributed by atoms with Gasteiger partial charge >= 0.3 is 5.97 Å². The Labute approximate surface area is 106 Å². The van der Waals surface area contributed by atoms with Crippen LogP contribution in [0.5, 0.6) is 0 Å². The number of rotatable bonds is 2. The third-order valence-corrected chi connectivity index (χ3v) is 3.02. The van der Waals surface area contributed by atoms with Crippen molar-refractivity contribution in [3.63, 3.8) is 0 Å². The highest BCUT2D eigenvalue weighted by atomic mass is 35.5. The van der Waals surface area contributed by atoms with Gasteiger partial charge in [0, 0.05) is 19.0 Å². The molecule has 1 aliphatic heterocycles. The van der Waals surface area contributed by atoms with E-state index >= 15 is 0 Å². The molecule has 1 aromatic rings. The van der Waals surface area contributed by atoms with Gasteiger partial charge in [0.25, 0.3) is 0 Å². The Bertz CT molecular complexity index is 383. The Balaban J connectivity index is 0.00000144. The fourth-order valence-electron chi connectivity index (χ4n) is 2.14. The van der Waals surface area contributed by atoms with Crippen LogP contribution in [-0.2, 0) is 9.53 Å². The highest BCUT2D eigenvalue weighted by Crippen LogP contribution is 2.28. The van der Waals surface area contributed by atoms with Gasteiger partial charge in [-0.3, -0.25) is 4.79 Å². The van der Waals surface area contributed by atoms with Crippen molar-refractivity contribution in [3.05, 3.63) is 35.6 Å². The van der Waals surface area contributed by atoms with E-state index < -0.39 is 0 Å². The van der Waals surface area contributed by atoms with Crippen LogP contribution >= 0.6 is 12.4 Å². The minimum absolute atomic E-state index is 0. The van der Waals surface area contributed by atoms with Crippen molar-refractivity contribution in [2.75, 3.05) is 20.2 Å². The molecule has 3 nitrogen and oxygen atoms in total. The zero-order chi connectivity index (χ0) is 11.5. The quantitative estimate of drug-likeness (QED) is 0.822. The summed E-state index contributed by atoms with van der Waals surface area (Å²) < 4.78 is 17.5. The summed E-state index contributed by atoms with van der Waals surface area (Å²) in [4.78, 5) is 11.5. The molecule has 2 rings (SSSR count). The molecule has 1 aromatic carbocycles. The molecule has 0 aliphatic carbocycles. The lowest BCUT2D eigenvalue weighted by molar-refractivity contribution is -0.145. The molecule has 1 fully saturated rings. The Morgan fingerprint density at radius 1 is 1.35 bits per heavy atom. The number of benzene rings is 1. The molecule has 1 N–H and O–H groups in total. The Morgan fingerprint density at radius 3 is 2.59 bits per heavy atom. The first kappa shape index (κ1) is 13.9. The first-order valence-corrected chi connectivity index (χ1v) is 5.26. The Morgan fingerprint density at radius 2 is 2.00 bits per heavy atom. The van der Waals surface area contributed by atoms with E-state index in [9.17, 15) is 9.18 Å². The van der Waals surface area contributed by atoms with Crippen molar-refractivity contribution >= 4 is 18.4 Å². The maximum atomic E-state index is 12.8. The van der Waals surface area contributed by atoms with E-state index in [2.05, 4.69) is 5.32 Å². The van der Waals surface area contributed by atoms with Crippen LogP contribution in [-0.4, -0.2) is 26.2 Å². The lowest BCUT2D eigenvalue weighted by Gasteiger charge is -2.16. The predicted octanol–water partition coefficient (Wildman–Crippen LogP) is 1.72. The predicted molar refractivity (Wildman–Crippen MR) is 64.8 cm³/mol. The highest BCUT2D eigenvalue weighted by Gasteiger charge is 2.34. The van der Waals surface area contributed by atoms with Gasteiger partial charge in [-0.1, -0.05) is 12.1 Å². The summed E-state index contributed by atoms with van der Waals surface area (Å²) >= 11 is 0. The third kappa shape index (κ3) is 2.96. The summed E-state index contributed by atoms with van der Waals surface area (Å²) in [6.45, 7) is 1.35. The van der Waals surface area contributed by atoms with Gasteiger partial charge in [0.15, 0.2) is 0 Å².